The second-order valence-corrected chi connectivity index (χ2v) is 5.25. The second-order valence-electron chi connectivity index (χ2n) is 5.25. The maximum absolute atomic E-state index is 11.5. The van der Waals surface area contributed by atoms with Gasteiger partial charge >= 0.3 is 0 Å². The van der Waals surface area contributed by atoms with Crippen LogP contribution in [0.4, 0.5) is 0 Å². The third kappa shape index (κ3) is 3.44. The van der Waals surface area contributed by atoms with Crippen LogP contribution in [-0.2, 0) is 11.3 Å². The summed E-state index contributed by atoms with van der Waals surface area (Å²) in [5, 5.41) is 0. The molecule has 1 aromatic rings. The van der Waals surface area contributed by atoms with Crippen LogP contribution >= 0.6 is 0 Å². The molecule has 0 atom stereocenters. The van der Waals surface area contributed by atoms with Crippen LogP contribution in [0, 0.1) is 0 Å². The normalized spacial score (nSPS) is 15.6. The number of hydrogen-bond acceptors (Lipinski definition) is 3. The van der Waals surface area contributed by atoms with Gasteiger partial charge in [-0.2, -0.15) is 0 Å². The molecule has 0 saturated carbocycles. The minimum absolute atomic E-state index is 0.234. The number of hydrogen-bond donors (Lipinski definition) is 0. The minimum Gasteiger partial charge on any atom is -0.496 e. The van der Waals surface area contributed by atoms with Crippen molar-refractivity contribution < 1.29 is 9.53 Å². The van der Waals surface area contributed by atoms with Gasteiger partial charge in [0.1, 0.15) is 5.75 Å². The van der Waals surface area contributed by atoms with Crippen molar-refractivity contribution in [3.8, 4) is 5.75 Å². The molecule has 0 aliphatic heterocycles. The summed E-state index contributed by atoms with van der Waals surface area (Å²) in [5.41, 5.74) is 3.40. The lowest BCUT2D eigenvalue weighted by Crippen LogP contribution is -2.11. The molecular weight excluding hydrogens is 238 g/mol. The van der Waals surface area contributed by atoms with Crippen LogP contribution in [0.5, 0.6) is 5.75 Å². The lowest BCUT2D eigenvalue weighted by molar-refractivity contribution is -0.114. The van der Waals surface area contributed by atoms with Gasteiger partial charge in [0, 0.05) is 18.5 Å². The summed E-state index contributed by atoms with van der Waals surface area (Å²) >= 11 is 0. The summed E-state index contributed by atoms with van der Waals surface area (Å²) in [6, 6.07) is 6.23. The highest BCUT2D eigenvalue weighted by Gasteiger charge is 2.13. The molecule has 0 bridgehead atoms. The fourth-order valence-corrected chi connectivity index (χ4v) is 2.44. The number of methoxy groups -OCH3 is 1. The zero-order chi connectivity index (χ0) is 13.8. The van der Waals surface area contributed by atoms with E-state index in [4.69, 9.17) is 4.74 Å². The maximum Gasteiger partial charge on any atom is 0.155 e. The summed E-state index contributed by atoms with van der Waals surface area (Å²) in [5.74, 6) is 1.13. The monoisotopic (exact) mass is 259 g/mol. The summed E-state index contributed by atoms with van der Waals surface area (Å²) in [6.07, 6.45) is 4.39. The predicted molar refractivity (Wildman–Crippen MR) is 77.2 cm³/mol. The van der Waals surface area contributed by atoms with Gasteiger partial charge in [0.2, 0.25) is 0 Å². The van der Waals surface area contributed by atoms with Gasteiger partial charge in [0.15, 0.2) is 5.78 Å². The number of allylic oxidation sites excluding steroid dienone is 2. The minimum atomic E-state index is 0.234. The molecule has 19 heavy (non-hydrogen) atoms. The standard InChI is InChI=1S/C16H21NO2/c1-17(2)11-14-8-7-13(10-16(14)19-3)12-5-4-6-15(18)9-12/h7-10H,4-6,11H2,1-3H3. The van der Waals surface area contributed by atoms with Gasteiger partial charge in [0.25, 0.3) is 0 Å². The number of benzene rings is 1. The molecular formula is C16H21NO2. The van der Waals surface area contributed by atoms with E-state index in [9.17, 15) is 4.79 Å². The van der Waals surface area contributed by atoms with Crippen molar-refractivity contribution in [3.05, 3.63) is 35.4 Å². The first-order chi connectivity index (χ1) is 9.10. The molecule has 0 heterocycles. The summed E-state index contributed by atoms with van der Waals surface area (Å²) in [4.78, 5) is 13.6. The van der Waals surface area contributed by atoms with Gasteiger partial charge in [0.05, 0.1) is 7.11 Å². The Morgan fingerprint density at radius 3 is 2.68 bits per heavy atom. The number of carbonyl (C=O) groups excluding carboxylic acids is 1. The highest BCUT2D eigenvalue weighted by Crippen LogP contribution is 2.30. The van der Waals surface area contributed by atoms with Crippen LogP contribution in [0.1, 0.15) is 30.4 Å². The molecule has 102 valence electrons. The molecule has 3 nitrogen and oxygen atoms in total. The number of ether oxygens (including phenoxy) is 1. The van der Waals surface area contributed by atoms with Crippen LogP contribution in [-0.4, -0.2) is 31.9 Å². The van der Waals surface area contributed by atoms with Crippen molar-refractivity contribution in [2.45, 2.75) is 25.8 Å². The first-order valence-corrected chi connectivity index (χ1v) is 6.65. The number of carbonyl (C=O) groups is 1. The van der Waals surface area contributed by atoms with Gasteiger partial charge in [-0.15, -0.1) is 0 Å². The summed E-state index contributed by atoms with van der Waals surface area (Å²) < 4.78 is 5.47. The average Bonchev–Trinajstić information content (AvgIpc) is 2.38. The Labute approximate surface area is 114 Å². The van der Waals surface area contributed by atoms with E-state index in [0.717, 1.165) is 36.3 Å². The molecule has 0 aromatic heterocycles. The molecule has 1 aliphatic carbocycles. The predicted octanol–water partition coefficient (Wildman–Crippen LogP) is 2.89. The molecule has 0 radical (unpaired) electrons. The van der Waals surface area contributed by atoms with Crippen LogP contribution in [0.3, 0.4) is 0 Å². The average molecular weight is 259 g/mol. The number of nitrogens with zero attached hydrogens (tertiary/aromatic N) is 1. The molecule has 0 N–H and O–H groups in total. The zero-order valence-corrected chi connectivity index (χ0v) is 11.9. The van der Waals surface area contributed by atoms with Crippen molar-refractivity contribution in [2.24, 2.45) is 0 Å². The van der Waals surface area contributed by atoms with Crippen molar-refractivity contribution in [1.82, 2.24) is 4.90 Å². The molecule has 1 aliphatic rings. The lowest BCUT2D eigenvalue weighted by Gasteiger charge is -2.17. The SMILES string of the molecule is COc1cc(C2=CC(=O)CCC2)ccc1CN(C)C. The third-order valence-corrected chi connectivity index (χ3v) is 3.35. The van der Waals surface area contributed by atoms with Crippen LogP contribution < -0.4 is 4.74 Å². The number of rotatable bonds is 4. The van der Waals surface area contributed by atoms with E-state index < -0.39 is 0 Å². The molecule has 3 heteroatoms. The van der Waals surface area contributed by atoms with E-state index >= 15 is 0 Å². The topological polar surface area (TPSA) is 29.5 Å². The Balaban J connectivity index is 2.31. The Kier molecular flexibility index (Phi) is 4.38. The van der Waals surface area contributed by atoms with Crippen LogP contribution in [0.25, 0.3) is 5.57 Å². The van der Waals surface area contributed by atoms with Gasteiger partial charge in [-0.05, 0) is 50.2 Å². The Morgan fingerprint density at radius 1 is 1.26 bits per heavy atom. The maximum atomic E-state index is 11.5. The van der Waals surface area contributed by atoms with E-state index in [0.29, 0.717) is 6.42 Å². The molecule has 1 aromatic carbocycles. The van der Waals surface area contributed by atoms with E-state index in [-0.39, 0.29) is 5.78 Å². The molecule has 0 unspecified atom stereocenters. The Morgan fingerprint density at radius 2 is 2.05 bits per heavy atom. The smallest absolute Gasteiger partial charge is 0.155 e. The first-order valence-electron chi connectivity index (χ1n) is 6.65. The van der Waals surface area contributed by atoms with Gasteiger partial charge in [-0.3, -0.25) is 4.79 Å². The largest absolute Gasteiger partial charge is 0.496 e. The van der Waals surface area contributed by atoms with Gasteiger partial charge in [-0.25, -0.2) is 0 Å². The van der Waals surface area contributed by atoms with E-state index in [1.54, 1.807) is 13.2 Å². The summed E-state index contributed by atoms with van der Waals surface area (Å²) in [7, 11) is 5.77. The van der Waals surface area contributed by atoms with Crippen molar-refractivity contribution in [1.29, 1.82) is 0 Å². The van der Waals surface area contributed by atoms with Gasteiger partial charge < -0.3 is 9.64 Å². The molecule has 0 saturated heterocycles. The highest BCUT2D eigenvalue weighted by atomic mass is 16.5. The van der Waals surface area contributed by atoms with Crippen LogP contribution in [0.2, 0.25) is 0 Å². The quantitative estimate of drug-likeness (QED) is 0.832. The first kappa shape index (κ1) is 13.8. The van der Waals surface area contributed by atoms with Crippen molar-refractivity contribution >= 4 is 11.4 Å². The van der Waals surface area contributed by atoms with Crippen LogP contribution in [0.15, 0.2) is 24.3 Å². The van der Waals surface area contributed by atoms with Crippen molar-refractivity contribution in [3.63, 3.8) is 0 Å². The van der Waals surface area contributed by atoms with E-state index in [1.807, 2.05) is 20.2 Å². The van der Waals surface area contributed by atoms with E-state index in [1.165, 1.54) is 5.56 Å². The Bertz CT molecular complexity index is 503. The zero-order valence-electron chi connectivity index (χ0n) is 11.9. The highest BCUT2D eigenvalue weighted by molar-refractivity contribution is 5.98. The number of ketones is 1. The second kappa shape index (κ2) is 6.02. The molecule has 0 fully saturated rings. The Hall–Kier alpha value is -1.61. The van der Waals surface area contributed by atoms with Gasteiger partial charge in [-0.1, -0.05) is 12.1 Å². The lowest BCUT2D eigenvalue weighted by atomic mass is 9.92. The fourth-order valence-electron chi connectivity index (χ4n) is 2.44. The molecule has 0 spiro atoms. The molecule has 2 rings (SSSR count). The third-order valence-electron chi connectivity index (χ3n) is 3.35. The fraction of sp³-hybridized carbons (Fsp3) is 0.438. The van der Waals surface area contributed by atoms with E-state index in [2.05, 4.69) is 17.0 Å². The molecule has 0 amide bonds. The van der Waals surface area contributed by atoms with Crippen molar-refractivity contribution in [2.75, 3.05) is 21.2 Å². The summed E-state index contributed by atoms with van der Waals surface area (Å²) in [6.45, 7) is 0.849.